The van der Waals surface area contributed by atoms with Gasteiger partial charge < -0.3 is 34.4 Å². The van der Waals surface area contributed by atoms with E-state index in [1.54, 1.807) is 37.0 Å². The highest BCUT2D eigenvalue weighted by atomic mass is 16.3. The molecule has 0 bridgehead atoms. The Morgan fingerprint density at radius 1 is 0.688 bits per heavy atom. The van der Waals surface area contributed by atoms with Gasteiger partial charge in [-0.25, -0.2) is 0 Å². The largest absolute Gasteiger partial charge is 0.503 e. The third-order valence-corrected chi connectivity index (χ3v) is 8.25. The summed E-state index contributed by atoms with van der Waals surface area (Å²) in [4.78, 5) is 30.6. The predicted molar refractivity (Wildman–Crippen MR) is 183 cm³/mol. The Bertz CT molecular complexity index is 2060. The van der Waals surface area contributed by atoms with E-state index in [0.29, 0.717) is 37.3 Å². The standard InChI is InChI=1S/C38H37N5O5/c44-35-30(21-39-23-32-12-7-19-48-32)15-18-43(38(35)47)26-28-10-6-11-29(20-28)33(34-13-4-5-16-41-34)24-40-22-31-14-17-42(37(46)36(31)45)25-27-8-2-1-3-9-27/h1-20,33,39-40,44-45H,21-26H2. The van der Waals surface area contributed by atoms with E-state index in [9.17, 15) is 19.8 Å². The number of furan rings is 1. The molecule has 6 rings (SSSR count). The van der Waals surface area contributed by atoms with Crippen molar-refractivity contribution in [2.75, 3.05) is 6.54 Å². The maximum absolute atomic E-state index is 13.1. The molecular formula is C38H37N5O5. The van der Waals surface area contributed by atoms with E-state index in [-0.39, 0.29) is 30.5 Å². The van der Waals surface area contributed by atoms with Crippen molar-refractivity contribution in [3.63, 3.8) is 0 Å². The van der Waals surface area contributed by atoms with Gasteiger partial charge in [0.1, 0.15) is 5.76 Å². The third-order valence-electron chi connectivity index (χ3n) is 8.25. The van der Waals surface area contributed by atoms with E-state index in [1.165, 1.54) is 9.13 Å². The number of hydrogen-bond donors (Lipinski definition) is 4. The second-order valence-electron chi connectivity index (χ2n) is 11.6. The van der Waals surface area contributed by atoms with Crippen LogP contribution >= 0.6 is 0 Å². The SMILES string of the molecule is O=c1c(O)c(CNCc2ccco2)ccn1Cc1cccc(C(CNCc2ccn(Cc3ccccc3)c(=O)c2O)c2ccccn2)c1. The van der Waals surface area contributed by atoms with Crippen molar-refractivity contribution in [3.8, 4) is 11.5 Å². The summed E-state index contributed by atoms with van der Waals surface area (Å²) in [6.07, 6.45) is 6.74. The Kier molecular flexibility index (Phi) is 10.2. The Hall–Kier alpha value is -5.71. The molecule has 10 nitrogen and oxygen atoms in total. The van der Waals surface area contributed by atoms with Gasteiger partial charge in [0.25, 0.3) is 11.1 Å². The minimum Gasteiger partial charge on any atom is -0.503 e. The number of nitrogens with zero attached hydrogens (tertiary/aromatic N) is 3. The van der Waals surface area contributed by atoms with E-state index < -0.39 is 11.1 Å². The molecule has 0 saturated heterocycles. The van der Waals surface area contributed by atoms with E-state index in [1.807, 2.05) is 84.9 Å². The average Bonchev–Trinajstić information content (AvgIpc) is 3.64. The number of aromatic nitrogens is 3. The molecule has 0 amide bonds. The Balaban J connectivity index is 1.14. The number of aromatic hydroxyl groups is 2. The smallest absolute Gasteiger partial charge is 0.293 e. The van der Waals surface area contributed by atoms with Gasteiger partial charge in [0.2, 0.25) is 0 Å². The molecule has 4 N–H and O–H groups in total. The van der Waals surface area contributed by atoms with Crippen LogP contribution in [-0.4, -0.2) is 30.9 Å². The van der Waals surface area contributed by atoms with E-state index in [4.69, 9.17) is 4.42 Å². The molecule has 0 fully saturated rings. The van der Waals surface area contributed by atoms with Gasteiger partial charge in [0.05, 0.1) is 25.9 Å². The average molecular weight is 644 g/mol. The molecule has 4 aromatic heterocycles. The molecule has 4 heterocycles. The number of nitrogens with one attached hydrogen (secondary N) is 2. The third kappa shape index (κ3) is 7.80. The Labute approximate surface area is 277 Å². The molecule has 0 saturated carbocycles. The van der Waals surface area contributed by atoms with Crippen molar-refractivity contribution >= 4 is 0 Å². The van der Waals surface area contributed by atoms with Crippen LogP contribution in [0.4, 0.5) is 0 Å². The molecule has 10 heteroatoms. The summed E-state index contributed by atoms with van der Waals surface area (Å²) in [5, 5.41) is 28.0. The van der Waals surface area contributed by atoms with Crippen LogP contribution in [0.2, 0.25) is 0 Å². The zero-order valence-electron chi connectivity index (χ0n) is 26.3. The topological polar surface area (TPSA) is 135 Å². The van der Waals surface area contributed by atoms with Crippen molar-refractivity contribution in [2.24, 2.45) is 0 Å². The fourth-order valence-electron chi connectivity index (χ4n) is 5.68. The molecule has 1 atom stereocenters. The number of pyridine rings is 3. The van der Waals surface area contributed by atoms with Crippen LogP contribution in [0.15, 0.2) is 136 Å². The second kappa shape index (κ2) is 15.3. The fraction of sp³-hybridized carbons (Fsp3) is 0.184. The highest BCUT2D eigenvalue weighted by molar-refractivity contribution is 5.35. The molecule has 0 aliphatic rings. The lowest BCUT2D eigenvalue weighted by molar-refractivity contribution is 0.443. The highest BCUT2D eigenvalue weighted by Gasteiger charge is 2.18. The monoisotopic (exact) mass is 643 g/mol. The number of benzene rings is 2. The van der Waals surface area contributed by atoms with Crippen molar-refractivity contribution in [1.29, 1.82) is 0 Å². The van der Waals surface area contributed by atoms with E-state index in [0.717, 1.165) is 28.1 Å². The van der Waals surface area contributed by atoms with Gasteiger partial charge in [0, 0.05) is 61.0 Å². The van der Waals surface area contributed by atoms with Gasteiger partial charge in [-0.3, -0.25) is 14.6 Å². The van der Waals surface area contributed by atoms with Gasteiger partial charge in [-0.1, -0.05) is 60.7 Å². The lowest BCUT2D eigenvalue weighted by Crippen LogP contribution is -2.25. The summed E-state index contributed by atoms with van der Waals surface area (Å²) in [6.45, 7) is 2.21. The molecule has 0 aliphatic carbocycles. The van der Waals surface area contributed by atoms with Gasteiger partial charge >= 0.3 is 0 Å². The normalized spacial score (nSPS) is 11.8. The van der Waals surface area contributed by atoms with Crippen LogP contribution in [0.1, 0.15) is 45.2 Å². The van der Waals surface area contributed by atoms with Gasteiger partial charge in [-0.2, -0.15) is 0 Å². The molecular weight excluding hydrogens is 606 g/mol. The first-order valence-corrected chi connectivity index (χ1v) is 15.8. The van der Waals surface area contributed by atoms with Crippen LogP contribution in [0, 0.1) is 0 Å². The maximum Gasteiger partial charge on any atom is 0.293 e. The number of hydrogen-bond acceptors (Lipinski definition) is 8. The van der Waals surface area contributed by atoms with Crippen LogP contribution in [-0.2, 0) is 32.7 Å². The quantitative estimate of drug-likeness (QED) is 0.134. The minimum absolute atomic E-state index is 0.153. The van der Waals surface area contributed by atoms with Crippen LogP contribution in [0.25, 0.3) is 0 Å². The summed E-state index contributed by atoms with van der Waals surface area (Å²) < 4.78 is 8.30. The Morgan fingerprint density at radius 3 is 2.02 bits per heavy atom. The van der Waals surface area contributed by atoms with Crippen LogP contribution < -0.4 is 21.8 Å². The lowest BCUT2D eigenvalue weighted by Gasteiger charge is -2.19. The molecule has 244 valence electrons. The summed E-state index contributed by atoms with van der Waals surface area (Å²) in [7, 11) is 0. The van der Waals surface area contributed by atoms with Crippen molar-refractivity contribution < 1.29 is 14.6 Å². The van der Waals surface area contributed by atoms with Crippen molar-refractivity contribution in [1.82, 2.24) is 24.8 Å². The summed E-state index contributed by atoms with van der Waals surface area (Å²) in [6, 6.07) is 30.5. The molecule has 0 radical (unpaired) electrons. The molecule has 0 spiro atoms. The first-order valence-electron chi connectivity index (χ1n) is 15.8. The van der Waals surface area contributed by atoms with Crippen LogP contribution in [0.3, 0.4) is 0 Å². The van der Waals surface area contributed by atoms with Gasteiger partial charge in [-0.15, -0.1) is 0 Å². The minimum atomic E-state index is -0.467. The summed E-state index contributed by atoms with van der Waals surface area (Å²) >= 11 is 0. The zero-order chi connectivity index (χ0) is 33.3. The summed E-state index contributed by atoms with van der Waals surface area (Å²) in [5.41, 5.74) is 3.81. The Morgan fingerprint density at radius 2 is 1.35 bits per heavy atom. The second-order valence-corrected chi connectivity index (χ2v) is 11.6. The first-order chi connectivity index (χ1) is 23.5. The predicted octanol–water partition coefficient (Wildman–Crippen LogP) is 4.72. The van der Waals surface area contributed by atoms with Gasteiger partial charge in [-0.05, 0) is 53.1 Å². The molecule has 1 unspecified atom stereocenters. The lowest BCUT2D eigenvalue weighted by atomic mass is 9.93. The molecule has 48 heavy (non-hydrogen) atoms. The van der Waals surface area contributed by atoms with Gasteiger partial charge in [0.15, 0.2) is 11.5 Å². The highest BCUT2D eigenvalue weighted by Crippen LogP contribution is 2.24. The van der Waals surface area contributed by atoms with E-state index in [2.05, 4.69) is 15.6 Å². The molecule has 6 aromatic rings. The first kappa shape index (κ1) is 32.2. The van der Waals surface area contributed by atoms with Crippen molar-refractivity contribution in [2.45, 2.75) is 38.6 Å². The van der Waals surface area contributed by atoms with Crippen molar-refractivity contribution in [3.05, 3.63) is 182 Å². The zero-order valence-corrected chi connectivity index (χ0v) is 26.3. The number of rotatable bonds is 14. The molecule has 2 aromatic carbocycles. The molecule has 0 aliphatic heterocycles. The maximum atomic E-state index is 13.1. The summed E-state index contributed by atoms with van der Waals surface area (Å²) in [5.74, 6) is 0.0564. The fourth-order valence-corrected chi connectivity index (χ4v) is 5.68. The van der Waals surface area contributed by atoms with E-state index >= 15 is 0 Å². The van der Waals surface area contributed by atoms with Crippen LogP contribution in [0.5, 0.6) is 11.5 Å².